The Labute approximate surface area is 108 Å². The van der Waals surface area contributed by atoms with Crippen molar-refractivity contribution >= 4 is 17.3 Å². The summed E-state index contributed by atoms with van der Waals surface area (Å²) in [6.07, 6.45) is 4.39. The summed E-state index contributed by atoms with van der Waals surface area (Å²) in [7, 11) is 2.02. The molecular formula is C13H20ClN3. The molecule has 1 aliphatic rings. The summed E-state index contributed by atoms with van der Waals surface area (Å²) in [5.41, 5.74) is 2.06. The molecule has 4 heteroatoms. The zero-order chi connectivity index (χ0) is 12.3. The number of piperidine rings is 1. The Morgan fingerprint density at radius 2 is 2.41 bits per heavy atom. The summed E-state index contributed by atoms with van der Waals surface area (Å²) in [5.74, 6) is 0.721. The van der Waals surface area contributed by atoms with Gasteiger partial charge >= 0.3 is 0 Å². The maximum absolute atomic E-state index is 6.33. The molecule has 1 unspecified atom stereocenters. The molecule has 0 aromatic carbocycles. The molecule has 1 saturated heterocycles. The first kappa shape index (κ1) is 12.7. The van der Waals surface area contributed by atoms with Gasteiger partial charge in [-0.2, -0.15) is 0 Å². The van der Waals surface area contributed by atoms with Crippen LogP contribution in [0.5, 0.6) is 0 Å². The van der Waals surface area contributed by atoms with E-state index < -0.39 is 0 Å². The molecule has 1 fully saturated rings. The largest absolute Gasteiger partial charge is 0.370 e. The molecule has 1 aromatic heterocycles. The molecule has 3 nitrogen and oxygen atoms in total. The van der Waals surface area contributed by atoms with Gasteiger partial charge in [0, 0.05) is 19.3 Å². The van der Waals surface area contributed by atoms with Crippen LogP contribution in [0.4, 0.5) is 5.69 Å². The predicted octanol–water partition coefficient (Wildman–Crippen LogP) is 2.48. The van der Waals surface area contributed by atoms with Crippen molar-refractivity contribution in [2.24, 2.45) is 5.92 Å². The standard InChI is InChI=1S/C13H20ClN3/c1-10-13(14)12(5-6-16-10)17-7-3-4-11(9-17)8-15-2/h5-6,11,15H,3-4,7-9H2,1-2H3. The van der Waals surface area contributed by atoms with Crippen LogP contribution in [0.15, 0.2) is 12.3 Å². The smallest absolute Gasteiger partial charge is 0.0851 e. The average Bonchev–Trinajstić information content (AvgIpc) is 2.33. The third-order valence-electron chi connectivity index (χ3n) is 3.40. The van der Waals surface area contributed by atoms with Gasteiger partial charge in [0.2, 0.25) is 0 Å². The van der Waals surface area contributed by atoms with E-state index in [9.17, 15) is 0 Å². The highest BCUT2D eigenvalue weighted by molar-refractivity contribution is 6.33. The zero-order valence-corrected chi connectivity index (χ0v) is 11.3. The number of anilines is 1. The summed E-state index contributed by atoms with van der Waals surface area (Å²) in [6, 6.07) is 2.02. The molecule has 1 aliphatic heterocycles. The van der Waals surface area contributed by atoms with E-state index in [1.165, 1.54) is 12.8 Å². The van der Waals surface area contributed by atoms with Gasteiger partial charge in [-0.25, -0.2) is 0 Å². The lowest BCUT2D eigenvalue weighted by Crippen LogP contribution is -2.39. The van der Waals surface area contributed by atoms with E-state index >= 15 is 0 Å². The fourth-order valence-electron chi connectivity index (χ4n) is 2.52. The van der Waals surface area contributed by atoms with Crippen molar-refractivity contribution in [3.05, 3.63) is 23.0 Å². The number of halogens is 1. The van der Waals surface area contributed by atoms with Crippen LogP contribution < -0.4 is 10.2 Å². The number of nitrogens with zero attached hydrogens (tertiary/aromatic N) is 2. The second-order valence-corrected chi connectivity index (χ2v) is 5.12. The number of hydrogen-bond donors (Lipinski definition) is 1. The van der Waals surface area contributed by atoms with Crippen LogP contribution in [0.2, 0.25) is 5.02 Å². The summed E-state index contributed by atoms with van der Waals surface area (Å²) in [5, 5.41) is 4.07. The van der Waals surface area contributed by atoms with E-state index in [-0.39, 0.29) is 0 Å². The average molecular weight is 254 g/mol. The number of rotatable bonds is 3. The fourth-order valence-corrected chi connectivity index (χ4v) is 2.75. The molecule has 2 heterocycles. The Hall–Kier alpha value is -0.800. The third kappa shape index (κ3) is 2.90. The SMILES string of the molecule is CNCC1CCCN(c2ccnc(C)c2Cl)C1. The molecule has 1 atom stereocenters. The summed E-state index contributed by atoms with van der Waals surface area (Å²) in [6.45, 7) is 5.23. The van der Waals surface area contributed by atoms with Crippen molar-refractivity contribution in [2.45, 2.75) is 19.8 Å². The minimum absolute atomic E-state index is 0.721. The number of nitrogens with one attached hydrogen (secondary N) is 1. The number of aromatic nitrogens is 1. The van der Waals surface area contributed by atoms with Crippen molar-refractivity contribution in [2.75, 3.05) is 31.6 Å². The van der Waals surface area contributed by atoms with Gasteiger partial charge in [-0.3, -0.25) is 4.98 Å². The van der Waals surface area contributed by atoms with Crippen LogP contribution in [-0.2, 0) is 0 Å². The van der Waals surface area contributed by atoms with Crippen molar-refractivity contribution in [1.82, 2.24) is 10.3 Å². The molecule has 0 radical (unpaired) electrons. The molecule has 0 spiro atoms. The van der Waals surface area contributed by atoms with Gasteiger partial charge in [-0.05, 0) is 45.3 Å². The highest BCUT2D eigenvalue weighted by atomic mass is 35.5. The Morgan fingerprint density at radius 1 is 1.59 bits per heavy atom. The van der Waals surface area contributed by atoms with Gasteiger partial charge in [0.05, 0.1) is 16.4 Å². The monoisotopic (exact) mass is 253 g/mol. The summed E-state index contributed by atoms with van der Waals surface area (Å²) < 4.78 is 0. The topological polar surface area (TPSA) is 28.2 Å². The zero-order valence-electron chi connectivity index (χ0n) is 10.5. The van der Waals surface area contributed by atoms with E-state index in [0.29, 0.717) is 0 Å². The quantitative estimate of drug-likeness (QED) is 0.897. The van der Waals surface area contributed by atoms with Crippen LogP contribution in [0.25, 0.3) is 0 Å². The molecule has 1 aromatic rings. The first-order valence-corrected chi connectivity index (χ1v) is 6.61. The molecule has 0 aliphatic carbocycles. The van der Waals surface area contributed by atoms with E-state index in [2.05, 4.69) is 15.2 Å². The van der Waals surface area contributed by atoms with Crippen molar-refractivity contribution < 1.29 is 0 Å². The van der Waals surface area contributed by atoms with Crippen LogP contribution >= 0.6 is 11.6 Å². The van der Waals surface area contributed by atoms with Gasteiger partial charge in [0.15, 0.2) is 0 Å². The number of hydrogen-bond acceptors (Lipinski definition) is 3. The Morgan fingerprint density at radius 3 is 3.18 bits per heavy atom. The van der Waals surface area contributed by atoms with Gasteiger partial charge < -0.3 is 10.2 Å². The van der Waals surface area contributed by atoms with Gasteiger partial charge in [0.1, 0.15) is 0 Å². The maximum atomic E-state index is 6.33. The molecular weight excluding hydrogens is 234 g/mol. The predicted molar refractivity (Wildman–Crippen MR) is 72.8 cm³/mol. The molecule has 2 rings (SSSR count). The van der Waals surface area contributed by atoms with Crippen molar-refractivity contribution in [3.8, 4) is 0 Å². The Kier molecular flexibility index (Phi) is 4.24. The lowest BCUT2D eigenvalue weighted by Gasteiger charge is -2.35. The number of aryl methyl sites for hydroxylation is 1. The molecule has 94 valence electrons. The highest BCUT2D eigenvalue weighted by Gasteiger charge is 2.21. The van der Waals surface area contributed by atoms with Crippen LogP contribution in [0.1, 0.15) is 18.5 Å². The third-order valence-corrected chi connectivity index (χ3v) is 3.86. The van der Waals surface area contributed by atoms with Crippen LogP contribution in [0, 0.1) is 12.8 Å². The van der Waals surface area contributed by atoms with Gasteiger partial charge in [-0.1, -0.05) is 11.6 Å². The molecule has 0 saturated carbocycles. The van der Waals surface area contributed by atoms with E-state index in [1.807, 2.05) is 26.2 Å². The maximum Gasteiger partial charge on any atom is 0.0851 e. The van der Waals surface area contributed by atoms with Crippen molar-refractivity contribution in [3.63, 3.8) is 0 Å². The number of pyridine rings is 1. The van der Waals surface area contributed by atoms with Crippen molar-refractivity contribution in [1.29, 1.82) is 0 Å². The Bertz CT molecular complexity index is 379. The lowest BCUT2D eigenvalue weighted by molar-refractivity contribution is 0.403. The first-order valence-electron chi connectivity index (χ1n) is 6.23. The van der Waals surface area contributed by atoms with E-state index in [4.69, 9.17) is 11.6 Å². The molecule has 0 bridgehead atoms. The summed E-state index contributed by atoms with van der Waals surface area (Å²) >= 11 is 6.33. The second kappa shape index (κ2) is 5.69. The van der Waals surface area contributed by atoms with E-state index in [1.54, 1.807) is 0 Å². The van der Waals surface area contributed by atoms with Gasteiger partial charge in [-0.15, -0.1) is 0 Å². The first-order chi connectivity index (χ1) is 8.22. The van der Waals surface area contributed by atoms with E-state index in [0.717, 1.165) is 42.0 Å². The van der Waals surface area contributed by atoms with Gasteiger partial charge in [0.25, 0.3) is 0 Å². The molecule has 1 N–H and O–H groups in total. The molecule has 17 heavy (non-hydrogen) atoms. The minimum atomic E-state index is 0.721. The molecule has 0 amide bonds. The normalized spacial score (nSPS) is 20.6. The minimum Gasteiger partial charge on any atom is -0.370 e. The Balaban J connectivity index is 2.13. The lowest BCUT2D eigenvalue weighted by atomic mass is 9.97. The summed E-state index contributed by atoms with van der Waals surface area (Å²) in [4.78, 5) is 6.61. The highest BCUT2D eigenvalue weighted by Crippen LogP contribution is 2.30. The van der Waals surface area contributed by atoms with Crippen LogP contribution in [-0.4, -0.2) is 31.7 Å². The van der Waals surface area contributed by atoms with Crippen LogP contribution in [0.3, 0.4) is 0 Å². The second-order valence-electron chi connectivity index (χ2n) is 4.74. The fraction of sp³-hybridized carbons (Fsp3) is 0.615.